The molecule has 0 saturated carbocycles. The molecule has 0 radical (unpaired) electrons. The SMILES string of the molecule is CC(=CC(c1ccccc1)c1ccccc1)CC[SiH2]Cn1ccnc1BC(c1ccccc1)c1ccccc1. The normalized spacial score (nSPS) is 12.0. The molecule has 0 unspecified atom stereocenters. The molecule has 194 valence electrons. The van der Waals surface area contributed by atoms with Crippen LogP contribution in [-0.4, -0.2) is 26.4 Å². The third kappa shape index (κ3) is 7.36. The number of nitrogens with zero attached hydrogens (tertiary/aromatic N) is 2. The maximum atomic E-state index is 4.80. The Morgan fingerprint density at radius 3 is 1.74 bits per heavy atom. The van der Waals surface area contributed by atoms with Crippen molar-refractivity contribution in [3.8, 4) is 0 Å². The molecule has 39 heavy (non-hydrogen) atoms. The van der Waals surface area contributed by atoms with Gasteiger partial charge >= 0.3 is 0 Å². The van der Waals surface area contributed by atoms with Crippen molar-refractivity contribution in [2.24, 2.45) is 0 Å². The number of aromatic nitrogens is 2. The monoisotopic (exact) mass is 524 g/mol. The van der Waals surface area contributed by atoms with Crippen molar-refractivity contribution in [1.29, 1.82) is 0 Å². The van der Waals surface area contributed by atoms with Crippen LogP contribution in [0.15, 0.2) is 145 Å². The van der Waals surface area contributed by atoms with Gasteiger partial charge < -0.3 is 4.57 Å². The summed E-state index contributed by atoms with van der Waals surface area (Å²) in [6, 6.07) is 44.8. The lowest BCUT2D eigenvalue weighted by molar-refractivity contribution is 0.888. The summed E-state index contributed by atoms with van der Waals surface area (Å²) >= 11 is 0. The van der Waals surface area contributed by atoms with Gasteiger partial charge in [0.1, 0.15) is 0 Å². The Hall–Kier alpha value is -3.89. The summed E-state index contributed by atoms with van der Waals surface area (Å²) in [4.78, 5) is 4.80. The molecule has 0 amide bonds. The summed E-state index contributed by atoms with van der Waals surface area (Å²) in [5.41, 5.74) is 8.09. The molecule has 0 bridgehead atoms. The molecule has 2 nitrogen and oxygen atoms in total. The van der Waals surface area contributed by atoms with E-state index >= 15 is 0 Å². The molecule has 0 N–H and O–H groups in total. The highest BCUT2D eigenvalue weighted by Crippen LogP contribution is 2.28. The minimum absolute atomic E-state index is 0.259. The molecule has 0 aliphatic rings. The summed E-state index contributed by atoms with van der Waals surface area (Å²) in [5, 5.41) is 0. The average Bonchev–Trinajstić information content (AvgIpc) is 3.45. The Balaban J connectivity index is 1.22. The maximum absolute atomic E-state index is 4.80. The number of hydrogen-bond donors (Lipinski definition) is 0. The zero-order valence-electron chi connectivity index (χ0n) is 22.9. The van der Waals surface area contributed by atoms with Crippen molar-refractivity contribution in [2.75, 3.05) is 0 Å². The van der Waals surface area contributed by atoms with E-state index in [4.69, 9.17) is 4.98 Å². The Labute approximate surface area is 236 Å². The molecular weight excluding hydrogens is 487 g/mol. The Morgan fingerprint density at radius 2 is 1.23 bits per heavy atom. The minimum Gasteiger partial charge on any atom is -0.347 e. The van der Waals surface area contributed by atoms with Crippen molar-refractivity contribution < 1.29 is 0 Å². The number of rotatable bonds is 12. The highest BCUT2D eigenvalue weighted by atomic mass is 28.2. The summed E-state index contributed by atoms with van der Waals surface area (Å²) in [5.74, 6) is 0.621. The molecular formula is C35H37BN2Si. The third-order valence-electron chi connectivity index (χ3n) is 7.58. The van der Waals surface area contributed by atoms with Crippen molar-refractivity contribution in [1.82, 2.24) is 9.55 Å². The minimum atomic E-state index is -0.259. The maximum Gasteiger partial charge on any atom is 0.217 e. The molecule has 5 rings (SSSR count). The first-order chi connectivity index (χ1) is 19.3. The Morgan fingerprint density at radius 1 is 0.744 bits per heavy atom. The first-order valence-electron chi connectivity index (χ1n) is 14.1. The topological polar surface area (TPSA) is 17.8 Å². The van der Waals surface area contributed by atoms with E-state index in [-0.39, 0.29) is 9.52 Å². The van der Waals surface area contributed by atoms with Gasteiger partial charge in [-0.25, -0.2) is 0 Å². The van der Waals surface area contributed by atoms with Crippen molar-refractivity contribution >= 4 is 22.5 Å². The molecule has 4 heteroatoms. The zero-order chi connectivity index (χ0) is 26.7. The Bertz CT molecular complexity index is 1350. The molecule has 0 aliphatic heterocycles. The van der Waals surface area contributed by atoms with E-state index in [9.17, 15) is 0 Å². The number of imidazole rings is 1. The van der Waals surface area contributed by atoms with Crippen LogP contribution in [0.4, 0.5) is 0 Å². The zero-order valence-corrected chi connectivity index (χ0v) is 24.3. The lowest BCUT2D eigenvalue weighted by Crippen LogP contribution is -2.32. The van der Waals surface area contributed by atoms with E-state index in [1.807, 2.05) is 6.20 Å². The van der Waals surface area contributed by atoms with Gasteiger partial charge in [0.15, 0.2) is 0 Å². The molecule has 0 atom stereocenters. The van der Waals surface area contributed by atoms with E-state index in [0.29, 0.717) is 11.7 Å². The van der Waals surface area contributed by atoms with E-state index in [0.717, 1.165) is 13.4 Å². The quantitative estimate of drug-likeness (QED) is 0.104. The molecule has 0 aliphatic carbocycles. The first-order valence-corrected chi connectivity index (χ1v) is 16.1. The fourth-order valence-electron chi connectivity index (χ4n) is 5.47. The molecule has 5 aromatic rings. The van der Waals surface area contributed by atoms with E-state index in [2.05, 4.69) is 145 Å². The fraction of sp³-hybridized carbons (Fsp3) is 0.171. The van der Waals surface area contributed by atoms with Gasteiger partial charge in [-0.1, -0.05) is 139 Å². The number of hydrogen-bond acceptors (Lipinski definition) is 1. The van der Waals surface area contributed by atoms with Crippen LogP contribution in [0.3, 0.4) is 0 Å². The molecule has 1 heterocycles. The van der Waals surface area contributed by atoms with Crippen LogP contribution in [0.5, 0.6) is 0 Å². The van der Waals surface area contributed by atoms with E-state index < -0.39 is 0 Å². The number of benzene rings is 4. The van der Waals surface area contributed by atoms with Crippen LogP contribution in [-0.2, 0) is 6.17 Å². The van der Waals surface area contributed by atoms with Gasteiger partial charge in [-0.15, -0.1) is 0 Å². The van der Waals surface area contributed by atoms with Crippen LogP contribution < -0.4 is 5.72 Å². The highest BCUT2D eigenvalue weighted by molar-refractivity contribution is 6.54. The van der Waals surface area contributed by atoms with Gasteiger partial charge in [0.25, 0.3) is 0 Å². The largest absolute Gasteiger partial charge is 0.347 e. The van der Waals surface area contributed by atoms with E-state index in [1.54, 1.807) is 0 Å². The molecule has 0 fully saturated rings. The van der Waals surface area contributed by atoms with E-state index in [1.165, 1.54) is 46.0 Å². The second kappa shape index (κ2) is 13.8. The standard InChI is InChI=1S/C35H37BN2Si/c1-28(26-33(29-14-6-2-7-15-29)30-16-8-3-9-17-30)22-25-39-27-38-24-23-37-35(38)36-34(31-18-10-4-11-19-31)32-20-12-5-13-21-32/h2-21,23-24,26,33-34,36H,22,25,27,39H2,1H3. The predicted molar refractivity (Wildman–Crippen MR) is 170 cm³/mol. The molecule has 4 aromatic carbocycles. The van der Waals surface area contributed by atoms with Crippen LogP contribution in [0.25, 0.3) is 0 Å². The summed E-state index contributed by atoms with van der Waals surface area (Å²) < 4.78 is 2.42. The fourth-order valence-corrected chi connectivity index (χ4v) is 7.25. The van der Waals surface area contributed by atoms with Gasteiger partial charge in [-0.3, -0.25) is 4.98 Å². The van der Waals surface area contributed by atoms with Crippen molar-refractivity contribution in [3.63, 3.8) is 0 Å². The lowest BCUT2D eigenvalue weighted by Gasteiger charge is -2.18. The van der Waals surface area contributed by atoms with Crippen LogP contribution in [0, 0.1) is 0 Å². The molecule has 1 aromatic heterocycles. The first kappa shape index (κ1) is 26.7. The van der Waals surface area contributed by atoms with Gasteiger partial charge in [-0.2, -0.15) is 0 Å². The predicted octanol–water partition coefficient (Wildman–Crippen LogP) is 6.45. The van der Waals surface area contributed by atoms with Crippen LogP contribution >= 0.6 is 0 Å². The van der Waals surface area contributed by atoms with Crippen LogP contribution in [0.2, 0.25) is 6.04 Å². The van der Waals surface area contributed by atoms with Gasteiger partial charge in [0, 0.05) is 34.0 Å². The van der Waals surface area contributed by atoms with Gasteiger partial charge in [-0.05, 0) is 41.4 Å². The van der Waals surface area contributed by atoms with Crippen molar-refractivity contribution in [2.45, 2.75) is 37.3 Å². The number of allylic oxidation sites excluding steroid dienone is 2. The lowest BCUT2D eigenvalue weighted by atomic mass is 9.58. The summed E-state index contributed by atoms with van der Waals surface area (Å²) in [6.07, 6.45) is 8.94. The highest BCUT2D eigenvalue weighted by Gasteiger charge is 2.19. The second-order valence-electron chi connectivity index (χ2n) is 10.4. The second-order valence-corrected chi connectivity index (χ2v) is 12.2. The third-order valence-corrected chi connectivity index (χ3v) is 9.23. The average molecular weight is 525 g/mol. The molecule has 0 spiro atoms. The van der Waals surface area contributed by atoms with Gasteiger partial charge in [0.05, 0.1) is 5.72 Å². The van der Waals surface area contributed by atoms with Gasteiger partial charge in [0.2, 0.25) is 7.28 Å². The van der Waals surface area contributed by atoms with Crippen molar-refractivity contribution in [3.05, 3.63) is 168 Å². The summed E-state index contributed by atoms with van der Waals surface area (Å²) in [6.45, 7) is 2.31. The smallest absolute Gasteiger partial charge is 0.217 e. The Kier molecular flexibility index (Phi) is 9.43. The molecule has 0 saturated heterocycles. The summed E-state index contributed by atoms with van der Waals surface area (Å²) in [7, 11) is 0.662. The van der Waals surface area contributed by atoms with Crippen LogP contribution in [0.1, 0.15) is 47.3 Å².